The summed E-state index contributed by atoms with van der Waals surface area (Å²) in [6.07, 6.45) is 4.01. The third-order valence-electron chi connectivity index (χ3n) is 3.80. The fourth-order valence-corrected chi connectivity index (χ4v) is 2.80. The van der Waals surface area contributed by atoms with E-state index in [1.807, 2.05) is 20.8 Å². The number of amides is 2. The third-order valence-corrected chi connectivity index (χ3v) is 3.80. The molecular weight excluding hydrogens is 270 g/mol. The van der Waals surface area contributed by atoms with E-state index < -0.39 is 11.7 Å². The molecule has 0 aromatic carbocycles. The van der Waals surface area contributed by atoms with Crippen LogP contribution in [-0.4, -0.2) is 53.3 Å². The zero-order valence-corrected chi connectivity index (χ0v) is 13.4. The number of carbonyl (C=O) groups is 2. The smallest absolute Gasteiger partial charge is 0.429 e. The summed E-state index contributed by atoms with van der Waals surface area (Å²) in [5, 5.41) is 6.48. The lowest BCUT2D eigenvalue weighted by molar-refractivity contribution is -0.153. The van der Waals surface area contributed by atoms with E-state index in [-0.39, 0.29) is 5.91 Å². The molecule has 2 aliphatic rings. The molecule has 6 heteroatoms. The Morgan fingerprint density at radius 1 is 1.38 bits per heavy atom. The molecule has 2 fully saturated rings. The monoisotopic (exact) mass is 297 g/mol. The molecule has 6 nitrogen and oxygen atoms in total. The highest BCUT2D eigenvalue weighted by Gasteiger charge is 2.33. The van der Waals surface area contributed by atoms with Gasteiger partial charge in [-0.25, -0.2) is 14.8 Å². The van der Waals surface area contributed by atoms with Crippen LogP contribution in [-0.2, 0) is 9.53 Å². The predicted octanol–water partition coefficient (Wildman–Crippen LogP) is 1.90. The largest absolute Gasteiger partial charge is 0.442 e. The van der Waals surface area contributed by atoms with E-state index in [1.54, 1.807) is 5.01 Å². The second kappa shape index (κ2) is 6.64. The average molecular weight is 297 g/mol. The Morgan fingerprint density at radius 2 is 2.14 bits per heavy atom. The van der Waals surface area contributed by atoms with Crippen molar-refractivity contribution in [1.82, 2.24) is 15.3 Å². The van der Waals surface area contributed by atoms with Gasteiger partial charge in [-0.2, -0.15) is 0 Å². The molecule has 0 bridgehead atoms. The summed E-state index contributed by atoms with van der Waals surface area (Å²) in [6.45, 7) is 7.69. The van der Waals surface area contributed by atoms with E-state index in [4.69, 9.17) is 4.74 Å². The first kappa shape index (κ1) is 16.1. The molecule has 120 valence electrons. The van der Waals surface area contributed by atoms with Gasteiger partial charge in [0, 0.05) is 25.6 Å². The molecule has 0 aromatic rings. The van der Waals surface area contributed by atoms with Crippen molar-refractivity contribution < 1.29 is 14.3 Å². The van der Waals surface area contributed by atoms with Crippen LogP contribution in [0, 0.1) is 0 Å². The summed E-state index contributed by atoms with van der Waals surface area (Å²) >= 11 is 0. The summed E-state index contributed by atoms with van der Waals surface area (Å²) in [5.74, 6) is 0.0186. The zero-order valence-electron chi connectivity index (χ0n) is 13.4. The van der Waals surface area contributed by atoms with Crippen LogP contribution in [0.4, 0.5) is 4.79 Å². The highest BCUT2D eigenvalue weighted by molar-refractivity contribution is 5.80. The summed E-state index contributed by atoms with van der Waals surface area (Å²) in [4.78, 5) is 24.4. The normalized spacial score (nSPS) is 23.6. The number of carbonyl (C=O) groups excluding carboxylic acids is 2. The van der Waals surface area contributed by atoms with Gasteiger partial charge in [0.2, 0.25) is 5.91 Å². The summed E-state index contributed by atoms with van der Waals surface area (Å²) in [7, 11) is 0. The molecule has 0 radical (unpaired) electrons. The van der Waals surface area contributed by atoms with Crippen LogP contribution in [0.1, 0.15) is 52.9 Å². The molecule has 1 atom stereocenters. The van der Waals surface area contributed by atoms with E-state index in [0.717, 1.165) is 19.4 Å². The fourth-order valence-electron chi connectivity index (χ4n) is 2.80. The molecule has 2 aliphatic heterocycles. The van der Waals surface area contributed by atoms with Gasteiger partial charge in [0.15, 0.2) is 0 Å². The van der Waals surface area contributed by atoms with Gasteiger partial charge in [-0.1, -0.05) is 0 Å². The van der Waals surface area contributed by atoms with Crippen molar-refractivity contribution in [1.29, 1.82) is 0 Å². The Morgan fingerprint density at radius 3 is 2.76 bits per heavy atom. The molecular formula is C15H27N3O3. The van der Waals surface area contributed by atoms with E-state index >= 15 is 0 Å². The SMILES string of the molecule is CC(C)(C)OC(=O)N1CCCC(=O)N1CCC1CCCN1. The Hall–Kier alpha value is -1.30. The van der Waals surface area contributed by atoms with Crippen molar-refractivity contribution in [2.24, 2.45) is 0 Å². The van der Waals surface area contributed by atoms with E-state index in [0.29, 0.717) is 32.0 Å². The van der Waals surface area contributed by atoms with E-state index in [2.05, 4.69) is 5.32 Å². The number of nitrogens with zero attached hydrogens (tertiary/aromatic N) is 2. The third kappa shape index (κ3) is 4.59. The fraction of sp³-hybridized carbons (Fsp3) is 0.867. The number of hydrazine groups is 1. The van der Waals surface area contributed by atoms with E-state index in [9.17, 15) is 9.59 Å². The minimum absolute atomic E-state index is 0.0186. The van der Waals surface area contributed by atoms with Gasteiger partial charge in [-0.3, -0.25) is 4.79 Å². The van der Waals surface area contributed by atoms with Crippen molar-refractivity contribution in [2.45, 2.75) is 64.5 Å². The number of ether oxygens (including phenoxy) is 1. The summed E-state index contributed by atoms with van der Waals surface area (Å²) in [5.41, 5.74) is -0.545. The van der Waals surface area contributed by atoms with Gasteiger partial charge in [0.1, 0.15) is 5.60 Å². The van der Waals surface area contributed by atoms with Crippen LogP contribution in [0.2, 0.25) is 0 Å². The number of hydrogen-bond acceptors (Lipinski definition) is 4. The molecule has 0 spiro atoms. The van der Waals surface area contributed by atoms with Gasteiger partial charge >= 0.3 is 6.09 Å². The molecule has 21 heavy (non-hydrogen) atoms. The Labute approximate surface area is 126 Å². The maximum absolute atomic E-state index is 12.3. The number of nitrogens with one attached hydrogen (secondary N) is 1. The van der Waals surface area contributed by atoms with Crippen molar-refractivity contribution in [2.75, 3.05) is 19.6 Å². The lowest BCUT2D eigenvalue weighted by Gasteiger charge is -2.39. The Bertz CT molecular complexity index is 386. The molecule has 2 rings (SSSR count). The van der Waals surface area contributed by atoms with Gasteiger partial charge in [-0.05, 0) is 53.0 Å². The second-order valence-electron chi connectivity index (χ2n) is 6.81. The number of hydrogen-bond donors (Lipinski definition) is 1. The highest BCUT2D eigenvalue weighted by Crippen LogP contribution is 2.19. The molecule has 0 aromatic heterocycles. The van der Waals surface area contributed by atoms with Crippen LogP contribution >= 0.6 is 0 Å². The molecule has 0 saturated carbocycles. The molecule has 2 saturated heterocycles. The average Bonchev–Trinajstić information content (AvgIpc) is 2.88. The van der Waals surface area contributed by atoms with E-state index in [1.165, 1.54) is 11.4 Å². The van der Waals surface area contributed by atoms with Gasteiger partial charge < -0.3 is 10.1 Å². The van der Waals surface area contributed by atoms with Crippen LogP contribution < -0.4 is 5.32 Å². The first-order valence-corrected chi connectivity index (χ1v) is 7.91. The standard InChI is InChI=1S/C15H27N3O3/c1-15(2,3)21-14(20)18-10-5-7-13(19)17(18)11-8-12-6-4-9-16-12/h12,16H,4-11H2,1-3H3. The minimum atomic E-state index is -0.545. The number of rotatable bonds is 3. The van der Waals surface area contributed by atoms with Crippen molar-refractivity contribution in [3.63, 3.8) is 0 Å². The highest BCUT2D eigenvalue weighted by atomic mass is 16.6. The topological polar surface area (TPSA) is 61.9 Å². The summed E-state index contributed by atoms with van der Waals surface area (Å²) < 4.78 is 5.41. The second-order valence-corrected chi connectivity index (χ2v) is 6.81. The van der Waals surface area contributed by atoms with Crippen LogP contribution in [0.5, 0.6) is 0 Å². The predicted molar refractivity (Wildman–Crippen MR) is 79.5 cm³/mol. The quantitative estimate of drug-likeness (QED) is 0.864. The Kier molecular flexibility index (Phi) is 5.08. The van der Waals surface area contributed by atoms with Crippen LogP contribution in [0.25, 0.3) is 0 Å². The lowest BCUT2D eigenvalue weighted by atomic mass is 10.1. The van der Waals surface area contributed by atoms with Crippen molar-refractivity contribution in [3.8, 4) is 0 Å². The van der Waals surface area contributed by atoms with Gasteiger partial charge in [-0.15, -0.1) is 0 Å². The summed E-state index contributed by atoms with van der Waals surface area (Å²) in [6, 6.07) is 0.459. The molecule has 1 N–H and O–H groups in total. The lowest BCUT2D eigenvalue weighted by Crippen LogP contribution is -2.55. The minimum Gasteiger partial charge on any atom is -0.442 e. The van der Waals surface area contributed by atoms with Crippen molar-refractivity contribution >= 4 is 12.0 Å². The van der Waals surface area contributed by atoms with Crippen LogP contribution in [0.3, 0.4) is 0 Å². The van der Waals surface area contributed by atoms with Gasteiger partial charge in [0.25, 0.3) is 0 Å². The maximum Gasteiger partial charge on any atom is 0.429 e. The molecule has 1 unspecified atom stereocenters. The first-order valence-electron chi connectivity index (χ1n) is 7.91. The maximum atomic E-state index is 12.3. The van der Waals surface area contributed by atoms with Crippen LogP contribution in [0.15, 0.2) is 0 Å². The Balaban J connectivity index is 1.95. The first-order chi connectivity index (χ1) is 9.87. The molecule has 0 aliphatic carbocycles. The van der Waals surface area contributed by atoms with Crippen molar-refractivity contribution in [3.05, 3.63) is 0 Å². The molecule has 2 heterocycles. The van der Waals surface area contributed by atoms with Gasteiger partial charge in [0.05, 0.1) is 0 Å². The zero-order chi connectivity index (χ0) is 15.5. The molecule has 2 amide bonds.